The molecule has 0 bridgehead atoms. The molecular weight excluding hydrogens is 298 g/mol. The monoisotopic (exact) mass is 313 g/mol. The summed E-state index contributed by atoms with van der Waals surface area (Å²) in [6.45, 7) is 3.71. The van der Waals surface area contributed by atoms with Crippen LogP contribution in [0.3, 0.4) is 0 Å². The molecule has 1 amide bonds. The fraction of sp³-hybridized carbons (Fsp3) is 0.385. The Kier molecular flexibility index (Phi) is 4.90. The fourth-order valence-electron chi connectivity index (χ4n) is 1.52. The second kappa shape index (κ2) is 6.00. The van der Waals surface area contributed by atoms with E-state index in [9.17, 15) is 9.59 Å². The number of hydrogen-bond acceptors (Lipinski definition) is 2. The van der Waals surface area contributed by atoms with Crippen LogP contribution in [0.4, 0.5) is 0 Å². The summed E-state index contributed by atoms with van der Waals surface area (Å²) in [6.07, 6.45) is 0. The molecule has 1 rings (SSSR count). The Morgan fingerprint density at radius 2 is 2.06 bits per heavy atom. The van der Waals surface area contributed by atoms with Gasteiger partial charge in [0, 0.05) is 23.6 Å². The van der Waals surface area contributed by atoms with Crippen molar-refractivity contribution >= 4 is 27.8 Å². The van der Waals surface area contributed by atoms with E-state index in [1.807, 2.05) is 13.0 Å². The number of rotatable bonds is 4. The Hall–Kier alpha value is -1.36. The molecule has 0 aromatic heterocycles. The van der Waals surface area contributed by atoms with Crippen molar-refractivity contribution in [1.82, 2.24) is 4.90 Å². The maximum absolute atomic E-state index is 12.1. The van der Waals surface area contributed by atoms with Gasteiger partial charge in [0.05, 0.1) is 5.92 Å². The standard InChI is InChI=1S/C13H16BrNO3/c1-8-4-5-10(6-11(8)14)12(16)15(3)7-9(2)13(17)18/h4-6,9H,7H2,1-3H3,(H,17,18). The first-order valence-electron chi connectivity index (χ1n) is 5.57. The van der Waals surface area contributed by atoms with Gasteiger partial charge in [-0.15, -0.1) is 0 Å². The molecule has 18 heavy (non-hydrogen) atoms. The zero-order chi connectivity index (χ0) is 13.9. The second-order valence-electron chi connectivity index (χ2n) is 4.39. The number of halogens is 1. The minimum Gasteiger partial charge on any atom is -0.481 e. The van der Waals surface area contributed by atoms with E-state index in [0.717, 1.165) is 10.0 Å². The number of carboxylic acids is 1. The molecule has 0 saturated carbocycles. The van der Waals surface area contributed by atoms with Gasteiger partial charge in [0.15, 0.2) is 0 Å². The van der Waals surface area contributed by atoms with Gasteiger partial charge in [-0.05, 0) is 24.6 Å². The van der Waals surface area contributed by atoms with Crippen LogP contribution in [0.15, 0.2) is 22.7 Å². The van der Waals surface area contributed by atoms with Crippen molar-refractivity contribution in [2.45, 2.75) is 13.8 Å². The molecule has 0 spiro atoms. The molecular formula is C13H16BrNO3. The van der Waals surface area contributed by atoms with Crippen LogP contribution in [0.5, 0.6) is 0 Å². The first-order chi connectivity index (χ1) is 8.32. The molecule has 98 valence electrons. The lowest BCUT2D eigenvalue weighted by molar-refractivity contribution is -0.141. The van der Waals surface area contributed by atoms with E-state index >= 15 is 0 Å². The van der Waals surface area contributed by atoms with Crippen molar-refractivity contribution in [3.63, 3.8) is 0 Å². The Balaban J connectivity index is 2.80. The average molecular weight is 314 g/mol. The topological polar surface area (TPSA) is 57.6 Å². The van der Waals surface area contributed by atoms with Crippen LogP contribution in [-0.2, 0) is 4.79 Å². The van der Waals surface area contributed by atoms with Gasteiger partial charge in [0.2, 0.25) is 0 Å². The van der Waals surface area contributed by atoms with Gasteiger partial charge < -0.3 is 10.0 Å². The van der Waals surface area contributed by atoms with E-state index < -0.39 is 11.9 Å². The third-order valence-electron chi connectivity index (χ3n) is 2.73. The Bertz CT molecular complexity index is 473. The van der Waals surface area contributed by atoms with Crippen LogP contribution >= 0.6 is 15.9 Å². The smallest absolute Gasteiger partial charge is 0.308 e. The maximum atomic E-state index is 12.1. The first kappa shape index (κ1) is 14.7. The minimum atomic E-state index is -0.903. The third-order valence-corrected chi connectivity index (χ3v) is 3.59. The van der Waals surface area contributed by atoms with Crippen LogP contribution in [0.1, 0.15) is 22.8 Å². The number of carboxylic acid groups (broad SMARTS) is 1. The van der Waals surface area contributed by atoms with Crippen molar-refractivity contribution in [2.24, 2.45) is 5.92 Å². The summed E-state index contributed by atoms with van der Waals surface area (Å²) in [6, 6.07) is 5.34. The van der Waals surface area contributed by atoms with Crippen molar-refractivity contribution in [1.29, 1.82) is 0 Å². The predicted octanol–water partition coefficient (Wildman–Crippen LogP) is 2.55. The lowest BCUT2D eigenvalue weighted by Gasteiger charge is -2.19. The van der Waals surface area contributed by atoms with E-state index in [2.05, 4.69) is 15.9 Å². The second-order valence-corrected chi connectivity index (χ2v) is 5.24. The van der Waals surface area contributed by atoms with E-state index in [-0.39, 0.29) is 12.5 Å². The van der Waals surface area contributed by atoms with Gasteiger partial charge in [-0.25, -0.2) is 0 Å². The quantitative estimate of drug-likeness (QED) is 0.929. The largest absolute Gasteiger partial charge is 0.481 e. The molecule has 0 aliphatic carbocycles. The van der Waals surface area contributed by atoms with Crippen LogP contribution < -0.4 is 0 Å². The molecule has 1 atom stereocenters. The highest BCUT2D eigenvalue weighted by Gasteiger charge is 2.18. The van der Waals surface area contributed by atoms with E-state index in [0.29, 0.717) is 5.56 Å². The number of benzene rings is 1. The maximum Gasteiger partial charge on any atom is 0.308 e. The summed E-state index contributed by atoms with van der Waals surface area (Å²) in [4.78, 5) is 24.3. The van der Waals surface area contributed by atoms with E-state index in [1.54, 1.807) is 26.1 Å². The summed E-state index contributed by atoms with van der Waals surface area (Å²) in [5, 5.41) is 8.82. The number of nitrogens with zero attached hydrogens (tertiary/aromatic N) is 1. The molecule has 0 fully saturated rings. The molecule has 1 N–H and O–H groups in total. The number of carbonyl (C=O) groups excluding carboxylic acids is 1. The Morgan fingerprint density at radius 3 is 2.56 bits per heavy atom. The Morgan fingerprint density at radius 1 is 1.44 bits per heavy atom. The summed E-state index contributed by atoms with van der Waals surface area (Å²) in [5.41, 5.74) is 1.60. The number of aryl methyl sites for hydroxylation is 1. The molecule has 0 heterocycles. The van der Waals surface area contributed by atoms with Crippen molar-refractivity contribution < 1.29 is 14.7 Å². The lowest BCUT2D eigenvalue weighted by atomic mass is 10.1. The van der Waals surface area contributed by atoms with Gasteiger partial charge in [0.25, 0.3) is 5.91 Å². The molecule has 0 saturated heterocycles. The van der Waals surface area contributed by atoms with Crippen LogP contribution in [0, 0.1) is 12.8 Å². The van der Waals surface area contributed by atoms with Crippen molar-refractivity contribution in [3.05, 3.63) is 33.8 Å². The summed E-state index contributed by atoms with van der Waals surface area (Å²) in [7, 11) is 1.61. The molecule has 1 aromatic carbocycles. The van der Waals surface area contributed by atoms with Crippen LogP contribution in [0.25, 0.3) is 0 Å². The highest BCUT2D eigenvalue weighted by atomic mass is 79.9. The van der Waals surface area contributed by atoms with E-state index in [1.165, 1.54) is 4.90 Å². The SMILES string of the molecule is Cc1ccc(C(=O)N(C)CC(C)C(=O)O)cc1Br. The molecule has 1 unspecified atom stereocenters. The normalized spacial score (nSPS) is 12.0. The summed E-state index contributed by atoms with van der Waals surface area (Å²) in [5.74, 6) is -1.66. The number of hydrogen-bond donors (Lipinski definition) is 1. The highest BCUT2D eigenvalue weighted by Crippen LogP contribution is 2.18. The molecule has 0 aliphatic rings. The minimum absolute atomic E-state index is 0.177. The number of carbonyl (C=O) groups is 2. The molecule has 0 radical (unpaired) electrons. The highest BCUT2D eigenvalue weighted by molar-refractivity contribution is 9.10. The molecule has 1 aromatic rings. The summed E-state index contributed by atoms with van der Waals surface area (Å²) >= 11 is 3.37. The summed E-state index contributed by atoms with van der Waals surface area (Å²) < 4.78 is 0.869. The fourth-order valence-corrected chi connectivity index (χ4v) is 1.90. The van der Waals surface area contributed by atoms with Gasteiger partial charge in [0.1, 0.15) is 0 Å². The zero-order valence-corrected chi connectivity index (χ0v) is 12.2. The zero-order valence-electron chi connectivity index (χ0n) is 10.6. The van der Waals surface area contributed by atoms with E-state index in [4.69, 9.17) is 5.11 Å². The third kappa shape index (κ3) is 3.57. The number of aliphatic carboxylic acids is 1. The van der Waals surface area contributed by atoms with Crippen LogP contribution in [0.2, 0.25) is 0 Å². The van der Waals surface area contributed by atoms with Gasteiger partial charge >= 0.3 is 5.97 Å². The van der Waals surface area contributed by atoms with Crippen LogP contribution in [-0.4, -0.2) is 35.5 Å². The van der Waals surface area contributed by atoms with Crippen molar-refractivity contribution in [3.8, 4) is 0 Å². The average Bonchev–Trinajstić information content (AvgIpc) is 2.31. The van der Waals surface area contributed by atoms with Crippen molar-refractivity contribution in [2.75, 3.05) is 13.6 Å². The Labute approximate surface area is 115 Å². The lowest BCUT2D eigenvalue weighted by Crippen LogP contribution is -2.33. The number of amides is 1. The van der Waals surface area contributed by atoms with Gasteiger partial charge in [-0.1, -0.05) is 28.9 Å². The van der Waals surface area contributed by atoms with Gasteiger partial charge in [-0.3, -0.25) is 9.59 Å². The van der Waals surface area contributed by atoms with Gasteiger partial charge in [-0.2, -0.15) is 0 Å². The molecule has 5 heteroatoms. The molecule has 4 nitrogen and oxygen atoms in total. The first-order valence-corrected chi connectivity index (χ1v) is 6.36. The molecule has 0 aliphatic heterocycles. The predicted molar refractivity (Wildman–Crippen MR) is 72.6 cm³/mol.